The second kappa shape index (κ2) is 6.99. The van der Waals surface area contributed by atoms with Crippen molar-refractivity contribution in [3.05, 3.63) is 64.4 Å². The molecule has 1 N–H and O–H groups in total. The molecule has 21 heavy (non-hydrogen) atoms. The lowest BCUT2D eigenvalue weighted by Gasteiger charge is -2.17. The van der Waals surface area contributed by atoms with Crippen LogP contribution in [0.3, 0.4) is 0 Å². The van der Waals surface area contributed by atoms with Crippen molar-refractivity contribution >= 4 is 27.8 Å². The van der Waals surface area contributed by atoms with Crippen LogP contribution in [-0.4, -0.2) is 24.0 Å². The first-order valence-corrected chi connectivity index (χ1v) is 6.95. The second-order valence-corrected chi connectivity index (χ2v) is 5.14. The summed E-state index contributed by atoms with van der Waals surface area (Å²) < 4.78 is 5.64. The Morgan fingerprint density at radius 1 is 1.24 bits per heavy atom. The fourth-order valence-electron chi connectivity index (χ4n) is 1.76. The lowest BCUT2D eigenvalue weighted by Crippen LogP contribution is -2.34. The summed E-state index contributed by atoms with van der Waals surface area (Å²) in [6, 6.07) is 9.49. The van der Waals surface area contributed by atoms with E-state index in [0.29, 0.717) is 11.1 Å². The number of pyridine rings is 1. The van der Waals surface area contributed by atoms with Gasteiger partial charge in [0.2, 0.25) is 0 Å². The SMILES string of the molecule is COC(=O)C(NC(=O)c1cccnc1)c1ccc(Br)cc1. The van der Waals surface area contributed by atoms with Crippen molar-refractivity contribution in [1.82, 2.24) is 10.3 Å². The van der Waals surface area contributed by atoms with Crippen LogP contribution < -0.4 is 5.32 Å². The van der Waals surface area contributed by atoms with E-state index in [0.717, 1.165) is 4.47 Å². The number of nitrogens with one attached hydrogen (secondary N) is 1. The number of esters is 1. The highest BCUT2D eigenvalue weighted by Gasteiger charge is 2.24. The summed E-state index contributed by atoms with van der Waals surface area (Å²) in [7, 11) is 1.28. The maximum absolute atomic E-state index is 12.1. The first-order valence-electron chi connectivity index (χ1n) is 6.16. The van der Waals surface area contributed by atoms with Gasteiger partial charge in [0, 0.05) is 16.9 Å². The molecule has 1 unspecified atom stereocenters. The van der Waals surface area contributed by atoms with E-state index in [1.807, 2.05) is 0 Å². The predicted octanol–water partition coefficient (Wildman–Crippen LogP) is 2.49. The number of aromatic nitrogens is 1. The number of amides is 1. The molecule has 0 saturated carbocycles. The molecule has 0 saturated heterocycles. The highest BCUT2D eigenvalue weighted by molar-refractivity contribution is 9.10. The van der Waals surface area contributed by atoms with E-state index < -0.39 is 12.0 Å². The van der Waals surface area contributed by atoms with Gasteiger partial charge in [-0.1, -0.05) is 28.1 Å². The Bertz CT molecular complexity index is 629. The van der Waals surface area contributed by atoms with Crippen LogP contribution in [-0.2, 0) is 9.53 Å². The van der Waals surface area contributed by atoms with Gasteiger partial charge in [-0.2, -0.15) is 0 Å². The molecule has 0 bridgehead atoms. The number of methoxy groups -OCH3 is 1. The van der Waals surface area contributed by atoms with Gasteiger partial charge in [0.05, 0.1) is 12.7 Å². The van der Waals surface area contributed by atoms with Gasteiger partial charge >= 0.3 is 5.97 Å². The third-order valence-electron chi connectivity index (χ3n) is 2.84. The summed E-state index contributed by atoms with van der Waals surface area (Å²) in [5.74, 6) is -0.920. The third-order valence-corrected chi connectivity index (χ3v) is 3.37. The molecule has 1 atom stereocenters. The molecule has 0 fully saturated rings. The van der Waals surface area contributed by atoms with Crippen LogP contribution in [0, 0.1) is 0 Å². The van der Waals surface area contributed by atoms with E-state index >= 15 is 0 Å². The average molecular weight is 349 g/mol. The highest BCUT2D eigenvalue weighted by atomic mass is 79.9. The van der Waals surface area contributed by atoms with Gasteiger partial charge in [0.1, 0.15) is 0 Å². The van der Waals surface area contributed by atoms with Crippen LogP contribution in [0.5, 0.6) is 0 Å². The van der Waals surface area contributed by atoms with Crippen LogP contribution in [0.25, 0.3) is 0 Å². The van der Waals surface area contributed by atoms with Crippen molar-refractivity contribution in [1.29, 1.82) is 0 Å². The zero-order valence-electron chi connectivity index (χ0n) is 11.2. The summed E-state index contributed by atoms with van der Waals surface area (Å²) in [5.41, 5.74) is 1.02. The van der Waals surface area contributed by atoms with E-state index in [1.54, 1.807) is 42.6 Å². The Morgan fingerprint density at radius 3 is 2.52 bits per heavy atom. The topological polar surface area (TPSA) is 68.3 Å². The molecule has 2 rings (SSSR count). The second-order valence-electron chi connectivity index (χ2n) is 4.22. The third kappa shape index (κ3) is 3.88. The van der Waals surface area contributed by atoms with Crippen molar-refractivity contribution in [2.45, 2.75) is 6.04 Å². The van der Waals surface area contributed by atoms with Gasteiger partial charge in [-0.3, -0.25) is 9.78 Å². The highest BCUT2D eigenvalue weighted by Crippen LogP contribution is 2.18. The van der Waals surface area contributed by atoms with Gasteiger partial charge in [-0.05, 0) is 29.8 Å². The lowest BCUT2D eigenvalue weighted by atomic mass is 10.1. The van der Waals surface area contributed by atoms with Crippen molar-refractivity contribution < 1.29 is 14.3 Å². The summed E-state index contributed by atoms with van der Waals surface area (Å²) >= 11 is 3.32. The minimum absolute atomic E-state index is 0.378. The average Bonchev–Trinajstić information content (AvgIpc) is 2.53. The predicted molar refractivity (Wildman–Crippen MR) is 80.6 cm³/mol. The van der Waals surface area contributed by atoms with Crippen LogP contribution in [0.2, 0.25) is 0 Å². The fourth-order valence-corrected chi connectivity index (χ4v) is 2.03. The quantitative estimate of drug-likeness (QED) is 0.862. The molecular formula is C15H13BrN2O3. The number of carbonyl (C=O) groups excluding carboxylic acids is 2. The lowest BCUT2D eigenvalue weighted by molar-refractivity contribution is -0.143. The number of carbonyl (C=O) groups is 2. The Morgan fingerprint density at radius 2 is 1.95 bits per heavy atom. The van der Waals surface area contributed by atoms with Crippen LogP contribution in [0.4, 0.5) is 0 Å². The molecule has 6 heteroatoms. The Balaban J connectivity index is 2.23. The first kappa shape index (κ1) is 15.2. The summed E-state index contributed by atoms with van der Waals surface area (Å²) in [6.45, 7) is 0. The Hall–Kier alpha value is -2.21. The summed E-state index contributed by atoms with van der Waals surface area (Å²) in [4.78, 5) is 27.9. The molecule has 108 valence electrons. The Kier molecular flexibility index (Phi) is 5.05. The van der Waals surface area contributed by atoms with E-state index in [-0.39, 0.29) is 5.91 Å². The van der Waals surface area contributed by atoms with E-state index in [2.05, 4.69) is 26.2 Å². The number of benzene rings is 1. The Labute approximate surface area is 130 Å². The van der Waals surface area contributed by atoms with E-state index in [4.69, 9.17) is 4.74 Å². The fraction of sp³-hybridized carbons (Fsp3) is 0.133. The number of hydrogen-bond acceptors (Lipinski definition) is 4. The minimum atomic E-state index is -0.865. The van der Waals surface area contributed by atoms with Gasteiger partial charge < -0.3 is 10.1 Å². The van der Waals surface area contributed by atoms with Gasteiger partial charge in [-0.15, -0.1) is 0 Å². The van der Waals surface area contributed by atoms with Crippen molar-refractivity contribution in [2.75, 3.05) is 7.11 Å². The number of nitrogens with zero attached hydrogens (tertiary/aromatic N) is 1. The van der Waals surface area contributed by atoms with Crippen molar-refractivity contribution in [2.24, 2.45) is 0 Å². The molecular weight excluding hydrogens is 336 g/mol. The zero-order valence-corrected chi connectivity index (χ0v) is 12.8. The molecule has 1 heterocycles. The molecule has 0 spiro atoms. The maximum Gasteiger partial charge on any atom is 0.333 e. The molecule has 1 aromatic carbocycles. The summed E-state index contributed by atoms with van der Waals surface area (Å²) in [6.07, 6.45) is 3.01. The van der Waals surface area contributed by atoms with E-state index in [1.165, 1.54) is 13.3 Å². The van der Waals surface area contributed by atoms with E-state index in [9.17, 15) is 9.59 Å². The van der Waals surface area contributed by atoms with Crippen LogP contribution in [0.1, 0.15) is 22.0 Å². The number of ether oxygens (including phenoxy) is 1. The number of halogens is 1. The molecule has 0 aliphatic rings. The smallest absolute Gasteiger partial charge is 0.333 e. The molecule has 1 aromatic heterocycles. The molecule has 1 amide bonds. The molecule has 0 aliphatic carbocycles. The normalized spacial score (nSPS) is 11.5. The van der Waals surface area contributed by atoms with Crippen LogP contribution in [0.15, 0.2) is 53.3 Å². The number of hydrogen-bond donors (Lipinski definition) is 1. The standard InChI is InChI=1S/C15H13BrN2O3/c1-21-15(20)13(10-4-6-12(16)7-5-10)18-14(19)11-3-2-8-17-9-11/h2-9,13H,1H3,(H,18,19). The van der Waals surface area contributed by atoms with Crippen molar-refractivity contribution in [3.63, 3.8) is 0 Å². The maximum atomic E-state index is 12.1. The number of rotatable bonds is 4. The molecule has 0 radical (unpaired) electrons. The molecule has 5 nitrogen and oxygen atoms in total. The van der Waals surface area contributed by atoms with Gasteiger partial charge in [0.15, 0.2) is 6.04 Å². The largest absolute Gasteiger partial charge is 0.467 e. The van der Waals surface area contributed by atoms with Crippen LogP contribution >= 0.6 is 15.9 Å². The minimum Gasteiger partial charge on any atom is -0.467 e. The zero-order chi connectivity index (χ0) is 15.2. The monoisotopic (exact) mass is 348 g/mol. The van der Waals surface area contributed by atoms with Gasteiger partial charge in [0.25, 0.3) is 5.91 Å². The molecule has 2 aromatic rings. The first-order chi connectivity index (χ1) is 10.1. The van der Waals surface area contributed by atoms with Gasteiger partial charge in [-0.25, -0.2) is 4.79 Å². The van der Waals surface area contributed by atoms with Crippen molar-refractivity contribution in [3.8, 4) is 0 Å². The molecule has 0 aliphatic heterocycles. The summed E-state index contributed by atoms with van der Waals surface area (Å²) in [5, 5.41) is 2.65.